The number of hydrogen-bond donors (Lipinski definition) is 1. The van der Waals surface area contributed by atoms with Crippen LogP contribution in [0.4, 0.5) is 4.39 Å². The van der Waals surface area contributed by atoms with Crippen molar-refractivity contribution < 1.29 is 14.3 Å². The molecule has 0 aliphatic carbocycles. The maximum atomic E-state index is 13.2. The molecule has 0 amide bonds. The molecule has 2 aromatic rings. The van der Waals surface area contributed by atoms with Gasteiger partial charge < -0.3 is 9.67 Å². The highest BCUT2D eigenvalue weighted by Crippen LogP contribution is 2.21. The van der Waals surface area contributed by atoms with Gasteiger partial charge in [-0.3, -0.25) is 0 Å². The Hall–Kier alpha value is -1.82. The van der Waals surface area contributed by atoms with Gasteiger partial charge in [-0.2, -0.15) is 0 Å². The molecule has 1 aromatic carbocycles. The van der Waals surface area contributed by atoms with E-state index in [0.29, 0.717) is 0 Å². The summed E-state index contributed by atoms with van der Waals surface area (Å²) >= 11 is 1.49. The van der Waals surface area contributed by atoms with Crippen LogP contribution in [0.5, 0.6) is 0 Å². The predicted molar refractivity (Wildman–Crippen MR) is 71.0 cm³/mol. The molecule has 6 heteroatoms. The van der Waals surface area contributed by atoms with Crippen molar-refractivity contribution in [2.24, 2.45) is 0 Å². The number of benzene rings is 1. The lowest BCUT2D eigenvalue weighted by atomic mass is 10.2. The molecule has 0 aliphatic heterocycles. The van der Waals surface area contributed by atoms with Crippen molar-refractivity contribution >= 4 is 17.7 Å². The molecule has 19 heavy (non-hydrogen) atoms. The highest BCUT2D eigenvalue weighted by molar-refractivity contribution is 7.99. The van der Waals surface area contributed by atoms with Crippen LogP contribution in [-0.4, -0.2) is 26.4 Å². The number of aromatic carboxylic acids is 1. The van der Waals surface area contributed by atoms with Gasteiger partial charge in [0.25, 0.3) is 0 Å². The van der Waals surface area contributed by atoms with Crippen LogP contribution in [0.15, 0.2) is 35.5 Å². The first kappa shape index (κ1) is 13.6. The molecule has 0 radical (unpaired) electrons. The van der Waals surface area contributed by atoms with Crippen LogP contribution in [0.2, 0.25) is 0 Å². The molecule has 0 saturated heterocycles. The van der Waals surface area contributed by atoms with E-state index in [4.69, 9.17) is 5.11 Å². The van der Waals surface area contributed by atoms with Gasteiger partial charge in [-0.05, 0) is 25.1 Å². The third-order valence-electron chi connectivity index (χ3n) is 2.69. The van der Waals surface area contributed by atoms with Gasteiger partial charge >= 0.3 is 5.97 Å². The van der Waals surface area contributed by atoms with Gasteiger partial charge in [-0.1, -0.05) is 0 Å². The van der Waals surface area contributed by atoms with Crippen LogP contribution >= 0.6 is 11.8 Å². The lowest BCUT2D eigenvalue weighted by Crippen LogP contribution is -2.02. The lowest BCUT2D eigenvalue weighted by Gasteiger charge is -2.06. The normalized spacial score (nSPS) is 10.6. The molecule has 100 valence electrons. The van der Waals surface area contributed by atoms with Gasteiger partial charge in [-0.15, -0.1) is 11.8 Å². The van der Waals surface area contributed by atoms with Crippen LogP contribution < -0.4 is 0 Å². The molecule has 1 aromatic heterocycles. The van der Waals surface area contributed by atoms with Crippen molar-refractivity contribution in [2.75, 3.05) is 5.75 Å². The average Bonchev–Trinajstić information content (AvgIpc) is 2.77. The van der Waals surface area contributed by atoms with E-state index in [1.807, 2.05) is 17.7 Å². The molecule has 2 rings (SSSR count). The monoisotopic (exact) mass is 280 g/mol. The number of aryl methyl sites for hydroxylation is 2. The summed E-state index contributed by atoms with van der Waals surface area (Å²) in [4.78, 5) is 15.7. The van der Waals surface area contributed by atoms with E-state index >= 15 is 0 Å². The molecular weight excluding hydrogens is 267 g/mol. The first-order valence-corrected chi connectivity index (χ1v) is 6.70. The molecular formula is C13H13FN2O2S. The van der Waals surface area contributed by atoms with E-state index in [1.165, 1.54) is 23.9 Å². The van der Waals surface area contributed by atoms with E-state index in [2.05, 4.69) is 4.98 Å². The largest absolute Gasteiger partial charge is 0.478 e. The van der Waals surface area contributed by atoms with E-state index in [1.54, 1.807) is 12.3 Å². The first-order valence-electron chi connectivity index (χ1n) is 5.71. The number of nitrogens with zero attached hydrogens (tertiary/aromatic N) is 2. The molecule has 0 saturated carbocycles. The molecule has 0 spiro atoms. The summed E-state index contributed by atoms with van der Waals surface area (Å²) in [5.74, 6) is -0.249. The van der Waals surface area contributed by atoms with E-state index in [-0.39, 0.29) is 5.56 Å². The number of imidazole rings is 1. The summed E-state index contributed by atoms with van der Waals surface area (Å²) in [6, 6.07) is 4.14. The number of thioether (sulfide) groups is 1. The maximum Gasteiger partial charge on any atom is 0.338 e. The topological polar surface area (TPSA) is 55.1 Å². The van der Waals surface area contributed by atoms with Gasteiger partial charge in [0, 0.05) is 29.6 Å². The van der Waals surface area contributed by atoms with E-state index in [9.17, 15) is 9.18 Å². The fourth-order valence-electron chi connectivity index (χ4n) is 1.66. The van der Waals surface area contributed by atoms with E-state index in [0.717, 1.165) is 23.0 Å². The second-order valence-electron chi connectivity index (χ2n) is 3.96. The Balaban J connectivity index is 1.98. The molecule has 0 fully saturated rings. The summed E-state index contributed by atoms with van der Waals surface area (Å²) in [6.07, 6.45) is 3.63. The van der Waals surface area contributed by atoms with Crippen molar-refractivity contribution in [1.29, 1.82) is 0 Å². The third kappa shape index (κ3) is 3.35. The van der Waals surface area contributed by atoms with Gasteiger partial charge in [0.15, 0.2) is 0 Å². The lowest BCUT2D eigenvalue weighted by molar-refractivity contribution is 0.0691. The summed E-state index contributed by atoms with van der Waals surface area (Å²) in [6.45, 7) is 2.70. The van der Waals surface area contributed by atoms with Crippen molar-refractivity contribution in [3.63, 3.8) is 0 Å². The number of halogens is 1. The molecule has 0 unspecified atom stereocenters. The molecule has 0 atom stereocenters. The minimum Gasteiger partial charge on any atom is -0.478 e. The average molecular weight is 280 g/mol. The van der Waals surface area contributed by atoms with Crippen molar-refractivity contribution in [2.45, 2.75) is 18.4 Å². The van der Waals surface area contributed by atoms with Crippen molar-refractivity contribution in [3.05, 3.63) is 47.8 Å². The quantitative estimate of drug-likeness (QED) is 0.856. The summed E-state index contributed by atoms with van der Waals surface area (Å²) < 4.78 is 15.2. The Labute approximate surface area is 114 Å². The third-order valence-corrected chi connectivity index (χ3v) is 3.67. The van der Waals surface area contributed by atoms with Gasteiger partial charge in [0.2, 0.25) is 0 Å². The van der Waals surface area contributed by atoms with Gasteiger partial charge in [0.1, 0.15) is 11.6 Å². The number of aromatic nitrogens is 2. The smallest absolute Gasteiger partial charge is 0.338 e. The van der Waals surface area contributed by atoms with Gasteiger partial charge in [0.05, 0.1) is 5.56 Å². The summed E-state index contributed by atoms with van der Waals surface area (Å²) in [7, 11) is 0. The zero-order valence-corrected chi connectivity index (χ0v) is 11.2. The van der Waals surface area contributed by atoms with Crippen LogP contribution in [0.3, 0.4) is 0 Å². The van der Waals surface area contributed by atoms with Gasteiger partial charge in [-0.25, -0.2) is 14.2 Å². The zero-order chi connectivity index (χ0) is 13.8. The maximum absolute atomic E-state index is 13.2. The van der Waals surface area contributed by atoms with Crippen molar-refractivity contribution in [1.82, 2.24) is 9.55 Å². The molecule has 1 heterocycles. The van der Waals surface area contributed by atoms with Crippen molar-refractivity contribution in [3.8, 4) is 0 Å². The fourth-order valence-corrected chi connectivity index (χ4v) is 2.55. The second-order valence-corrected chi connectivity index (χ2v) is 5.13. The van der Waals surface area contributed by atoms with Crippen LogP contribution in [0.25, 0.3) is 0 Å². The minimum absolute atomic E-state index is 0.288. The van der Waals surface area contributed by atoms with Crippen LogP contribution in [-0.2, 0) is 6.54 Å². The molecule has 0 bridgehead atoms. The van der Waals surface area contributed by atoms with E-state index < -0.39 is 11.8 Å². The number of carboxylic acids is 1. The summed E-state index contributed by atoms with van der Waals surface area (Å²) in [5.41, 5.74) is -0.288. The number of rotatable bonds is 5. The minimum atomic E-state index is -1.24. The van der Waals surface area contributed by atoms with Crippen LogP contribution in [0, 0.1) is 12.7 Å². The Morgan fingerprint density at radius 3 is 2.95 bits per heavy atom. The number of carboxylic acid groups (broad SMARTS) is 1. The SMILES string of the molecule is Cc1nccn1CCSc1ccc(F)c(C(=O)O)c1. The fraction of sp³-hybridized carbons (Fsp3) is 0.231. The first-order chi connectivity index (χ1) is 9.08. The Bertz CT molecular complexity index is 598. The summed E-state index contributed by atoms with van der Waals surface area (Å²) in [5, 5.41) is 8.84. The standard InChI is InChI=1S/C13H13FN2O2S/c1-9-15-4-5-16(9)6-7-19-10-2-3-12(14)11(8-10)13(17)18/h2-5,8H,6-7H2,1H3,(H,17,18). The highest BCUT2D eigenvalue weighted by Gasteiger charge is 2.10. The Morgan fingerprint density at radius 2 is 2.32 bits per heavy atom. The molecule has 1 N–H and O–H groups in total. The number of carbonyl (C=O) groups is 1. The molecule has 0 aliphatic rings. The molecule has 4 nitrogen and oxygen atoms in total. The van der Waals surface area contributed by atoms with Crippen LogP contribution in [0.1, 0.15) is 16.2 Å². The Kier molecular flexibility index (Phi) is 4.21. The second kappa shape index (κ2) is 5.88. The number of hydrogen-bond acceptors (Lipinski definition) is 3. The Morgan fingerprint density at radius 1 is 1.53 bits per heavy atom. The highest BCUT2D eigenvalue weighted by atomic mass is 32.2. The predicted octanol–water partition coefficient (Wildman–Crippen LogP) is 2.82. The zero-order valence-electron chi connectivity index (χ0n) is 10.3.